The van der Waals surface area contributed by atoms with Crippen LogP contribution in [0.3, 0.4) is 0 Å². The number of hydrogen-bond acceptors (Lipinski definition) is 4. The van der Waals surface area contributed by atoms with Gasteiger partial charge in [0.05, 0.1) is 11.6 Å². The van der Waals surface area contributed by atoms with Gasteiger partial charge >= 0.3 is 6.03 Å². The molecular weight excluding hydrogens is 440 g/mol. The molecule has 0 bridgehead atoms. The molecule has 0 atom stereocenters. The topological polar surface area (TPSA) is 76.1 Å². The highest BCUT2D eigenvalue weighted by Crippen LogP contribution is 2.49. The number of nitrogens with zero attached hydrogens (tertiary/aromatic N) is 3. The summed E-state index contributed by atoms with van der Waals surface area (Å²) in [7, 11) is 4.35. The number of nitrogens with one attached hydrogen (secondary N) is 1. The molecule has 3 saturated carbocycles. The SMILES string of the molecule is CN(C)[C@]1(c2ccccc2)CC[C@]2(CC1)CN(CC(=O)NCC1CC(O)C1)C(=O)N2CC1CCC1. The second kappa shape index (κ2) is 9.74. The van der Waals surface area contributed by atoms with Gasteiger partial charge in [-0.1, -0.05) is 36.8 Å². The number of carbonyl (C=O) groups is 2. The van der Waals surface area contributed by atoms with Crippen LogP contribution in [-0.2, 0) is 10.3 Å². The fraction of sp³-hybridized carbons (Fsp3) is 0.714. The van der Waals surface area contributed by atoms with Gasteiger partial charge < -0.3 is 20.2 Å². The standard InChI is InChI=1S/C28H42N4O3/c1-30(2)28(23-9-4-3-5-10-23)13-11-27(12-14-28)20-31(26(35)32(27)18-21-7-6-8-21)19-25(34)29-17-22-15-24(33)16-22/h3-5,9-10,21-22,24,33H,6-8,11-20H2,1-2H3,(H,29,34)/t22?,24?,27-,28+. The zero-order valence-electron chi connectivity index (χ0n) is 21.4. The van der Waals surface area contributed by atoms with Crippen molar-refractivity contribution in [2.45, 2.75) is 75.0 Å². The molecule has 1 aliphatic heterocycles. The summed E-state index contributed by atoms with van der Waals surface area (Å²) in [6.07, 6.45) is 8.90. The number of benzene rings is 1. The Morgan fingerprint density at radius 2 is 1.77 bits per heavy atom. The number of rotatable bonds is 8. The lowest BCUT2D eigenvalue weighted by Crippen LogP contribution is -2.56. The summed E-state index contributed by atoms with van der Waals surface area (Å²) in [6, 6.07) is 10.8. The van der Waals surface area contributed by atoms with Gasteiger partial charge in [0, 0.05) is 25.2 Å². The minimum atomic E-state index is -0.214. The van der Waals surface area contributed by atoms with Gasteiger partial charge in [0.2, 0.25) is 5.91 Å². The molecule has 1 heterocycles. The summed E-state index contributed by atoms with van der Waals surface area (Å²) in [6.45, 7) is 2.20. The molecule has 7 nitrogen and oxygen atoms in total. The molecule has 7 heteroatoms. The first-order valence-corrected chi connectivity index (χ1v) is 13.6. The maximum Gasteiger partial charge on any atom is 0.321 e. The van der Waals surface area contributed by atoms with Gasteiger partial charge in [-0.05, 0) is 82.9 Å². The summed E-state index contributed by atoms with van der Waals surface area (Å²) in [5.41, 5.74) is 1.15. The lowest BCUT2D eigenvalue weighted by molar-refractivity contribution is -0.122. The second-order valence-electron chi connectivity index (χ2n) is 11.9. The van der Waals surface area contributed by atoms with E-state index in [2.05, 4.69) is 59.5 Å². The van der Waals surface area contributed by atoms with Crippen molar-refractivity contribution in [1.82, 2.24) is 20.0 Å². The van der Waals surface area contributed by atoms with Crippen molar-refractivity contribution in [3.8, 4) is 0 Å². The Kier molecular flexibility index (Phi) is 6.83. The third kappa shape index (κ3) is 4.69. The Balaban J connectivity index is 1.29. The van der Waals surface area contributed by atoms with E-state index in [1.165, 1.54) is 24.8 Å². The normalized spacial score (nSPS) is 33.2. The maximum absolute atomic E-state index is 13.6. The van der Waals surface area contributed by atoms with E-state index in [9.17, 15) is 14.7 Å². The molecule has 4 aliphatic rings. The van der Waals surface area contributed by atoms with E-state index < -0.39 is 0 Å². The Labute approximate surface area is 209 Å². The molecule has 2 N–H and O–H groups in total. The van der Waals surface area contributed by atoms with Crippen LogP contribution in [0.2, 0.25) is 0 Å². The van der Waals surface area contributed by atoms with Crippen LogP contribution in [0, 0.1) is 11.8 Å². The maximum atomic E-state index is 13.6. The van der Waals surface area contributed by atoms with E-state index >= 15 is 0 Å². The number of urea groups is 1. The number of aliphatic hydroxyl groups excluding tert-OH is 1. The molecular formula is C28H42N4O3. The predicted octanol–water partition coefficient (Wildman–Crippen LogP) is 3.18. The van der Waals surface area contributed by atoms with Gasteiger partial charge in [0.15, 0.2) is 0 Å². The van der Waals surface area contributed by atoms with Gasteiger partial charge in [-0.25, -0.2) is 4.79 Å². The molecule has 5 rings (SSSR count). The van der Waals surface area contributed by atoms with Gasteiger partial charge in [0.1, 0.15) is 6.54 Å². The second-order valence-corrected chi connectivity index (χ2v) is 11.9. The summed E-state index contributed by atoms with van der Waals surface area (Å²) in [4.78, 5) is 32.7. The van der Waals surface area contributed by atoms with Crippen molar-refractivity contribution >= 4 is 11.9 Å². The Hall–Kier alpha value is -2.12. The van der Waals surface area contributed by atoms with Crippen LogP contribution in [0.25, 0.3) is 0 Å². The highest BCUT2D eigenvalue weighted by atomic mass is 16.3. The van der Waals surface area contributed by atoms with Crippen LogP contribution >= 0.6 is 0 Å². The molecule has 1 aromatic rings. The van der Waals surface area contributed by atoms with E-state index in [0.29, 0.717) is 24.9 Å². The Morgan fingerprint density at radius 1 is 1.09 bits per heavy atom. The van der Waals surface area contributed by atoms with Crippen LogP contribution < -0.4 is 5.32 Å². The monoisotopic (exact) mass is 482 g/mol. The van der Waals surface area contributed by atoms with Crippen LogP contribution in [0.1, 0.15) is 63.4 Å². The van der Waals surface area contributed by atoms with Gasteiger partial charge in [-0.15, -0.1) is 0 Å². The van der Waals surface area contributed by atoms with Crippen molar-refractivity contribution in [3.05, 3.63) is 35.9 Å². The van der Waals surface area contributed by atoms with Gasteiger partial charge in [-0.2, -0.15) is 0 Å². The minimum absolute atomic E-state index is 0.0180. The highest BCUT2D eigenvalue weighted by Gasteiger charge is 2.55. The molecule has 4 fully saturated rings. The molecule has 1 spiro atoms. The first-order valence-electron chi connectivity index (χ1n) is 13.6. The van der Waals surface area contributed by atoms with Crippen molar-refractivity contribution < 1.29 is 14.7 Å². The molecule has 1 aromatic carbocycles. The highest BCUT2D eigenvalue weighted by molar-refractivity contribution is 5.86. The van der Waals surface area contributed by atoms with Crippen molar-refractivity contribution in [2.75, 3.05) is 40.3 Å². The minimum Gasteiger partial charge on any atom is -0.393 e. The molecule has 192 valence electrons. The average molecular weight is 483 g/mol. The predicted molar refractivity (Wildman–Crippen MR) is 136 cm³/mol. The summed E-state index contributed by atoms with van der Waals surface area (Å²) in [5.74, 6) is 0.882. The summed E-state index contributed by atoms with van der Waals surface area (Å²) in [5, 5.41) is 12.5. The summed E-state index contributed by atoms with van der Waals surface area (Å²) < 4.78 is 0. The van der Waals surface area contributed by atoms with Crippen LogP contribution in [0.5, 0.6) is 0 Å². The Bertz CT molecular complexity index is 902. The lowest BCUT2D eigenvalue weighted by atomic mass is 9.68. The molecule has 0 unspecified atom stereocenters. The largest absolute Gasteiger partial charge is 0.393 e. The van der Waals surface area contributed by atoms with E-state index in [4.69, 9.17) is 0 Å². The summed E-state index contributed by atoms with van der Waals surface area (Å²) >= 11 is 0. The van der Waals surface area contributed by atoms with Crippen LogP contribution in [-0.4, -0.2) is 83.7 Å². The number of hydrogen-bond donors (Lipinski definition) is 2. The number of amides is 3. The molecule has 3 amide bonds. The molecule has 0 radical (unpaired) electrons. The first-order chi connectivity index (χ1) is 16.8. The Morgan fingerprint density at radius 3 is 2.34 bits per heavy atom. The quantitative estimate of drug-likeness (QED) is 0.597. The van der Waals surface area contributed by atoms with Gasteiger partial charge in [0.25, 0.3) is 0 Å². The van der Waals surface area contributed by atoms with Crippen molar-refractivity contribution in [3.63, 3.8) is 0 Å². The molecule has 3 aliphatic carbocycles. The van der Waals surface area contributed by atoms with Crippen LogP contribution in [0.15, 0.2) is 30.3 Å². The first kappa shape index (κ1) is 24.6. The number of aliphatic hydroxyl groups is 1. The van der Waals surface area contributed by atoms with E-state index in [1.807, 2.05) is 0 Å². The van der Waals surface area contributed by atoms with Gasteiger partial charge in [-0.3, -0.25) is 9.69 Å². The third-order valence-corrected chi connectivity index (χ3v) is 9.53. The molecule has 1 saturated heterocycles. The van der Waals surface area contributed by atoms with Crippen molar-refractivity contribution in [2.24, 2.45) is 11.8 Å². The van der Waals surface area contributed by atoms with E-state index in [-0.39, 0.29) is 35.7 Å². The van der Waals surface area contributed by atoms with Crippen molar-refractivity contribution in [1.29, 1.82) is 0 Å². The zero-order chi connectivity index (χ0) is 24.6. The zero-order valence-corrected chi connectivity index (χ0v) is 21.4. The fourth-order valence-corrected chi connectivity index (χ4v) is 6.86. The smallest absolute Gasteiger partial charge is 0.321 e. The third-order valence-electron chi connectivity index (χ3n) is 9.53. The fourth-order valence-electron chi connectivity index (χ4n) is 6.86. The van der Waals surface area contributed by atoms with Crippen LogP contribution in [0.4, 0.5) is 4.79 Å². The number of carbonyl (C=O) groups excluding carboxylic acids is 2. The van der Waals surface area contributed by atoms with E-state index in [0.717, 1.165) is 45.1 Å². The average Bonchev–Trinajstić information content (AvgIpc) is 3.04. The van der Waals surface area contributed by atoms with E-state index in [1.54, 1.807) is 4.90 Å². The molecule has 0 aromatic heterocycles. The molecule has 35 heavy (non-hydrogen) atoms. The lowest BCUT2D eigenvalue weighted by Gasteiger charge is -2.51.